The summed E-state index contributed by atoms with van der Waals surface area (Å²) in [5.74, 6) is 1.77. The molecule has 4 rings (SSSR count). The van der Waals surface area contributed by atoms with Gasteiger partial charge >= 0.3 is 5.97 Å². The molecule has 1 saturated heterocycles. The summed E-state index contributed by atoms with van der Waals surface area (Å²) in [5, 5.41) is 0.822. The van der Waals surface area contributed by atoms with Gasteiger partial charge in [0.1, 0.15) is 5.75 Å². The van der Waals surface area contributed by atoms with E-state index >= 15 is 0 Å². The summed E-state index contributed by atoms with van der Waals surface area (Å²) in [6, 6.07) is 13.8. The van der Waals surface area contributed by atoms with Crippen LogP contribution in [0.1, 0.15) is 30.0 Å². The zero-order chi connectivity index (χ0) is 21.1. The number of likely N-dealkylation sites (tertiary alicyclic amines) is 1. The van der Waals surface area contributed by atoms with Gasteiger partial charge in [0, 0.05) is 30.4 Å². The second-order valence-corrected chi connectivity index (χ2v) is 8.19. The highest BCUT2D eigenvalue weighted by Crippen LogP contribution is 2.48. The molecule has 0 radical (unpaired) electrons. The fourth-order valence-corrected chi connectivity index (χ4v) is 4.93. The largest absolute Gasteiger partial charge is 0.497 e. The lowest BCUT2D eigenvalue weighted by Crippen LogP contribution is -2.31. The lowest BCUT2D eigenvalue weighted by molar-refractivity contribution is -0.149. The summed E-state index contributed by atoms with van der Waals surface area (Å²) < 4.78 is 21.9. The molecular weight excluding hydrogens is 450 g/mol. The lowest BCUT2D eigenvalue weighted by Gasteiger charge is -2.28. The van der Waals surface area contributed by atoms with Crippen molar-refractivity contribution < 1.29 is 23.7 Å². The van der Waals surface area contributed by atoms with E-state index in [2.05, 4.69) is 20.8 Å². The van der Waals surface area contributed by atoms with Gasteiger partial charge in [-0.1, -0.05) is 34.1 Å². The number of hydrogen-bond acceptors (Lipinski definition) is 6. The van der Waals surface area contributed by atoms with Crippen molar-refractivity contribution >= 4 is 21.9 Å². The molecule has 0 N–H and O–H groups in total. The van der Waals surface area contributed by atoms with Crippen LogP contribution < -0.4 is 14.2 Å². The molecular formula is C23H26BrNO5. The third kappa shape index (κ3) is 4.01. The maximum absolute atomic E-state index is 13.2. The Morgan fingerprint density at radius 1 is 1.13 bits per heavy atom. The van der Waals surface area contributed by atoms with Crippen LogP contribution in [-0.4, -0.2) is 49.8 Å². The lowest BCUT2D eigenvalue weighted by atomic mass is 9.82. The normalized spacial score (nSPS) is 22.8. The van der Waals surface area contributed by atoms with E-state index in [0.717, 1.165) is 46.8 Å². The topological polar surface area (TPSA) is 57.2 Å². The summed E-state index contributed by atoms with van der Waals surface area (Å²) in [6.07, 6.45) is 0. The number of fused-ring (bicyclic) bond motifs is 1. The Hall–Kier alpha value is -2.25. The van der Waals surface area contributed by atoms with Crippen LogP contribution in [0.2, 0.25) is 0 Å². The van der Waals surface area contributed by atoms with Gasteiger partial charge in [-0.25, -0.2) is 0 Å². The Morgan fingerprint density at radius 3 is 2.57 bits per heavy atom. The summed E-state index contributed by atoms with van der Waals surface area (Å²) in [6.45, 7) is 4.02. The van der Waals surface area contributed by atoms with Gasteiger partial charge in [0.15, 0.2) is 11.5 Å². The SMILES string of the molecule is CCOC(=O)C1C(c2ccc3c(c2)OCO3)CN(CCBr)C1c1ccc(OC)cc1. The van der Waals surface area contributed by atoms with Crippen molar-refractivity contribution in [2.45, 2.75) is 18.9 Å². The maximum atomic E-state index is 13.2. The molecule has 2 aromatic rings. The van der Waals surface area contributed by atoms with E-state index in [-0.39, 0.29) is 30.6 Å². The van der Waals surface area contributed by atoms with E-state index in [1.165, 1.54) is 0 Å². The standard InChI is InChI=1S/C23H26BrNO5/c1-3-28-23(26)21-18(16-6-9-19-20(12-16)30-14-29-19)13-25(11-10-24)22(21)15-4-7-17(27-2)8-5-15/h4-9,12,18,21-22H,3,10-11,13-14H2,1-2H3. The number of rotatable bonds is 7. The Morgan fingerprint density at radius 2 is 1.87 bits per heavy atom. The summed E-state index contributed by atoms with van der Waals surface area (Å²) >= 11 is 3.57. The van der Waals surface area contributed by atoms with Crippen LogP contribution in [-0.2, 0) is 9.53 Å². The first-order valence-electron chi connectivity index (χ1n) is 10.2. The molecule has 6 nitrogen and oxygen atoms in total. The molecule has 3 unspecified atom stereocenters. The van der Waals surface area contributed by atoms with E-state index < -0.39 is 0 Å². The average Bonchev–Trinajstić information content (AvgIpc) is 3.38. The highest BCUT2D eigenvalue weighted by molar-refractivity contribution is 9.09. The highest BCUT2D eigenvalue weighted by Gasteiger charge is 2.48. The first kappa shape index (κ1) is 21.0. The number of nitrogens with zero attached hydrogens (tertiary/aromatic N) is 1. The van der Waals surface area contributed by atoms with Crippen LogP contribution in [0, 0.1) is 5.92 Å². The van der Waals surface area contributed by atoms with Crippen LogP contribution in [0.3, 0.4) is 0 Å². The van der Waals surface area contributed by atoms with Crippen LogP contribution in [0.5, 0.6) is 17.2 Å². The number of carbonyl (C=O) groups excluding carboxylic acids is 1. The molecule has 0 saturated carbocycles. The van der Waals surface area contributed by atoms with E-state index in [1.54, 1.807) is 7.11 Å². The van der Waals surface area contributed by atoms with E-state index in [1.807, 2.05) is 49.4 Å². The Kier molecular flexibility index (Phi) is 6.49. The predicted molar refractivity (Wildman–Crippen MR) is 117 cm³/mol. The quantitative estimate of drug-likeness (QED) is 0.443. The minimum atomic E-state index is -0.322. The van der Waals surface area contributed by atoms with Crippen molar-refractivity contribution in [3.63, 3.8) is 0 Å². The van der Waals surface area contributed by atoms with Crippen molar-refractivity contribution in [2.24, 2.45) is 5.92 Å². The van der Waals surface area contributed by atoms with Crippen molar-refractivity contribution in [3.8, 4) is 17.2 Å². The predicted octanol–water partition coefficient (Wildman–Crippen LogP) is 4.14. The number of carbonyl (C=O) groups is 1. The van der Waals surface area contributed by atoms with Gasteiger partial charge in [-0.15, -0.1) is 0 Å². The first-order chi connectivity index (χ1) is 14.7. The van der Waals surface area contributed by atoms with E-state index in [4.69, 9.17) is 18.9 Å². The summed E-state index contributed by atoms with van der Waals surface area (Å²) in [5.41, 5.74) is 2.14. The zero-order valence-corrected chi connectivity index (χ0v) is 18.8. The Labute approximate surface area is 185 Å². The summed E-state index contributed by atoms with van der Waals surface area (Å²) in [4.78, 5) is 15.5. The number of hydrogen-bond donors (Lipinski definition) is 0. The molecule has 30 heavy (non-hydrogen) atoms. The highest BCUT2D eigenvalue weighted by atomic mass is 79.9. The fraction of sp³-hybridized carbons (Fsp3) is 0.435. The number of halogens is 1. The molecule has 2 aromatic carbocycles. The summed E-state index contributed by atoms with van der Waals surface area (Å²) in [7, 11) is 1.65. The average molecular weight is 476 g/mol. The van der Waals surface area contributed by atoms with Gasteiger partial charge < -0.3 is 18.9 Å². The minimum absolute atomic E-state index is 0.00954. The number of methoxy groups -OCH3 is 1. The molecule has 0 bridgehead atoms. The fourth-order valence-electron chi connectivity index (χ4n) is 4.47. The molecule has 160 valence electrons. The molecule has 0 aromatic heterocycles. The molecule has 0 spiro atoms. The van der Waals surface area contributed by atoms with E-state index in [0.29, 0.717) is 6.61 Å². The molecule has 7 heteroatoms. The monoisotopic (exact) mass is 475 g/mol. The van der Waals surface area contributed by atoms with Crippen LogP contribution in [0.25, 0.3) is 0 Å². The third-order valence-electron chi connectivity index (χ3n) is 5.81. The van der Waals surface area contributed by atoms with Crippen LogP contribution in [0.4, 0.5) is 0 Å². The van der Waals surface area contributed by atoms with Crippen LogP contribution in [0.15, 0.2) is 42.5 Å². The molecule has 0 amide bonds. The second-order valence-electron chi connectivity index (χ2n) is 7.40. The van der Waals surface area contributed by atoms with Crippen molar-refractivity contribution in [3.05, 3.63) is 53.6 Å². The molecule has 2 heterocycles. The molecule has 0 aliphatic carbocycles. The van der Waals surface area contributed by atoms with Gasteiger partial charge in [-0.3, -0.25) is 9.69 Å². The molecule has 2 aliphatic rings. The molecule has 1 fully saturated rings. The van der Waals surface area contributed by atoms with E-state index in [9.17, 15) is 4.79 Å². The number of esters is 1. The van der Waals surface area contributed by atoms with Gasteiger partial charge in [-0.05, 0) is 42.3 Å². The van der Waals surface area contributed by atoms with Gasteiger partial charge in [0.05, 0.1) is 19.6 Å². The first-order valence-corrected chi connectivity index (χ1v) is 11.3. The smallest absolute Gasteiger partial charge is 0.311 e. The van der Waals surface area contributed by atoms with Crippen molar-refractivity contribution in [1.29, 1.82) is 0 Å². The van der Waals surface area contributed by atoms with Gasteiger partial charge in [0.2, 0.25) is 6.79 Å². The molecule has 2 aliphatic heterocycles. The van der Waals surface area contributed by atoms with Gasteiger partial charge in [0.25, 0.3) is 0 Å². The Balaban J connectivity index is 1.74. The zero-order valence-electron chi connectivity index (χ0n) is 17.2. The maximum Gasteiger partial charge on any atom is 0.311 e. The van der Waals surface area contributed by atoms with Crippen molar-refractivity contribution in [2.75, 3.05) is 38.9 Å². The third-order valence-corrected chi connectivity index (χ3v) is 6.17. The number of ether oxygens (including phenoxy) is 4. The Bertz CT molecular complexity index is 888. The van der Waals surface area contributed by atoms with Crippen molar-refractivity contribution in [1.82, 2.24) is 4.90 Å². The minimum Gasteiger partial charge on any atom is -0.497 e. The second kappa shape index (κ2) is 9.27. The molecule has 3 atom stereocenters. The number of benzene rings is 2. The van der Waals surface area contributed by atoms with Gasteiger partial charge in [-0.2, -0.15) is 0 Å². The van der Waals surface area contributed by atoms with Crippen LogP contribution >= 0.6 is 15.9 Å². The number of alkyl halides is 1.